The second kappa shape index (κ2) is 7.26. The largest absolute Gasteiger partial charge is 0.388 e. The summed E-state index contributed by atoms with van der Waals surface area (Å²) in [6.45, 7) is 6.42. The van der Waals surface area contributed by atoms with Crippen LogP contribution in [-0.4, -0.2) is 5.11 Å². The predicted octanol–water partition coefficient (Wildman–Crippen LogP) is 5.45. The van der Waals surface area contributed by atoms with Crippen LogP contribution in [0.3, 0.4) is 0 Å². The normalized spacial score (nSPS) is 24.9. The lowest BCUT2D eigenvalue weighted by atomic mass is 9.77. The van der Waals surface area contributed by atoms with Crippen molar-refractivity contribution in [2.45, 2.75) is 71.3 Å². The first kappa shape index (κ1) is 15.6. The summed E-state index contributed by atoms with van der Waals surface area (Å²) in [5, 5.41) is 10.1. The summed E-state index contributed by atoms with van der Waals surface area (Å²) in [7, 11) is 0. The molecule has 1 saturated carbocycles. The van der Waals surface area contributed by atoms with E-state index < -0.39 is 0 Å². The van der Waals surface area contributed by atoms with E-state index in [1.807, 2.05) is 0 Å². The fraction of sp³-hybridized carbons (Fsp3) is 0.684. The molecule has 0 bridgehead atoms. The van der Waals surface area contributed by atoms with Crippen molar-refractivity contribution in [3.05, 3.63) is 35.4 Å². The second-order valence-electron chi connectivity index (χ2n) is 6.86. The van der Waals surface area contributed by atoms with Gasteiger partial charge in [-0.25, -0.2) is 0 Å². The number of benzene rings is 1. The average Bonchev–Trinajstić information content (AvgIpc) is 2.48. The number of hydrogen-bond donors (Lipinski definition) is 1. The molecule has 0 saturated heterocycles. The van der Waals surface area contributed by atoms with Crippen molar-refractivity contribution in [2.75, 3.05) is 0 Å². The van der Waals surface area contributed by atoms with Crippen molar-refractivity contribution in [1.82, 2.24) is 0 Å². The summed E-state index contributed by atoms with van der Waals surface area (Å²) in [4.78, 5) is 0. The fourth-order valence-electron chi connectivity index (χ4n) is 3.54. The zero-order valence-corrected chi connectivity index (χ0v) is 13.3. The van der Waals surface area contributed by atoms with Gasteiger partial charge in [-0.3, -0.25) is 0 Å². The topological polar surface area (TPSA) is 20.2 Å². The SMILES string of the molecule is CCC[C@H]1CC[C@H](c2ccc(C(O)C(C)C)cc2)CC1. The minimum atomic E-state index is -0.329. The van der Waals surface area contributed by atoms with Gasteiger partial charge in [0.25, 0.3) is 0 Å². The molecule has 1 fully saturated rings. The van der Waals surface area contributed by atoms with Gasteiger partial charge in [0.2, 0.25) is 0 Å². The van der Waals surface area contributed by atoms with Gasteiger partial charge in [-0.05, 0) is 54.6 Å². The van der Waals surface area contributed by atoms with Crippen LogP contribution in [0, 0.1) is 11.8 Å². The Morgan fingerprint density at radius 1 is 1.05 bits per heavy atom. The molecule has 0 spiro atoms. The molecule has 1 heteroatoms. The lowest BCUT2D eigenvalue weighted by Crippen LogP contribution is -2.13. The van der Waals surface area contributed by atoms with Crippen LogP contribution in [0.4, 0.5) is 0 Å². The second-order valence-corrected chi connectivity index (χ2v) is 6.86. The Morgan fingerprint density at radius 3 is 2.15 bits per heavy atom. The molecular weight excluding hydrogens is 244 g/mol. The third kappa shape index (κ3) is 3.85. The molecule has 0 aromatic heterocycles. The Morgan fingerprint density at radius 2 is 1.65 bits per heavy atom. The highest BCUT2D eigenvalue weighted by molar-refractivity contribution is 5.27. The van der Waals surface area contributed by atoms with E-state index in [0.29, 0.717) is 0 Å². The molecule has 2 rings (SSSR count). The molecule has 1 aromatic carbocycles. The Balaban J connectivity index is 1.94. The van der Waals surface area contributed by atoms with Gasteiger partial charge in [-0.15, -0.1) is 0 Å². The highest BCUT2D eigenvalue weighted by Crippen LogP contribution is 2.37. The van der Waals surface area contributed by atoms with Gasteiger partial charge in [-0.1, -0.05) is 57.9 Å². The van der Waals surface area contributed by atoms with E-state index in [2.05, 4.69) is 45.0 Å². The molecular formula is C19H30O. The smallest absolute Gasteiger partial charge is 0.0812 e. The van der Waals surface area contributed by atoms with E-state index in [1.54, 1.807) is 0 Å². The Hall–Kier alpha value is -0.820. The Kier molecular flexibility index (Phi) is 5.65. The van der Waals surface area contributed by atoms with E-state index in [0.717, 1.165) is 17.4 Å². The summed E-state index contributed by atoms with van der Waals surface area (Å²) < 4.78 is 0. The van der Waals surface area contributed by atoms with E-state index >= 15 is 0 Å². The number of aliphatic hydroxyl groups excluding tert-OH is 1. The zero-order valence-electron chi connectivity index (χ0n) is 13.3. The molecule has 0 aliphatic heterocycles. The van der Waals surface area contributed by atoms with E-state index in [1.165, 1.54) is 44.1 Å². The summed E-state index contributed by atoms with van der Waals surface area (Å²) in [5.74, 6) is 2.00. The molecule has 1 aliphatic rings. The third-order valence-corrected chi connectivity index (χ3v) is 4.92. The molecule has 1 aromatic rings. The molecule has 0 radical (unpaired) electrons. The predicted molar refractivity (Wildman–Crippen MR) is 85.8 cm³/mol. The molecule has 1 atom stereocenters. The van der Waals surface area contributed by atoms with Crippen LogP contribution in [0.25, 0.3) is 0 Å². The number of rotatable bonds is 5. The fourth-order valence-corrected chi connectivity index (χ4v) is 3.54. The van der Waals surface area contributed by atoms with Crippen LogP contribution in [0.5, 0.6) is 0 Å². The van der Waals surface area contributed by atoms with Crippen molar-refractivity contribution >= 4 is 0 Å². The first-order valence-electron chi connectivity index (χ1n) is 8.39. The van der Waals surface area contributed by atoms with Crippen molar-refractivity contribution in [1.29, 1.82) is 0 Å². The van der Waals surface area contributed by atoms with Gasteiger partial charge in [0.05, 0.1) is 6.10 Å². The molecule has 0 heterocycles. The van der Waals surface area contributed by atoms with E-state index in [4.69, 9.17) is 0 Å². The van der Waals surface area contributed by atoms with Crippen molar-refractivity contribution < 1.29 is 5.11 Å². The van der Waals surface area contributed by atoms with Crippen molar-refractivity contribution in [2.24, 2.45) is 11.8 Å². The maximum Gasteiger partial charge on any atom is 0.0812 e. The average molecular weight is 274 g/mol. The van der Waals surface area contributed by atoms with Crippen LogP contribution in [-0.2, 0) is 0 Å². The molecule has 0 amide bonds. The molecule has 1 N–H and O–H groups in total. The summed E-state index contributed by atoms with van der Waals surface area (Å²) in [6, 6.07) is 8.73. The molecule has 1 aliphatic carbocycles. The van der Waals surface area contributed by atoms with Gasteiger partial charge in [0.15, 0.2) is 0 Å². The third-order valence-electron chi connectivity index (χ3n) is 4.92. The lowest BCUT2D eigenvalue weighted by Gasteiger charge is -2.29. The molecule has 1 unspecified atom stereocenters. The first-order valence-corrected chi connectivity index (χ1v) is 8.39. The number of hydrogen-bond acceptors (Lipinski definition) is 1. The van der Waals surface area contributed by atoms with Crippen molar-refractivity contribution in [3.63, 3.8) is 0 Å². The summed E-state index contributed by atoms with van der Waals surface area (Å²) in [6.07, 6.45) is 7.89. The van der Waals surface area contributed by atoms with Crippen LogP contribution in [0.1, 0.15) is 82.4 Å². The Bertz CT molecular complexity index is 385. The standard InChI is InChI=1S/C19H30O/c1-4-5-15-6-8-16(9-7-15)17-10-12-18(13-11-17)19(20)14(2)3/h10-16,19-20H,4-9H2,1-3H3/t15-,16-,19?. The Labute approximate surface area is 124 Å². The first-order chi connectivity index (χ1) is 9.61. The lowest BCUT2D eigenvalue weighted by molar-refractivity contribution is 0.127. The minimum absolute atomic E-state index is 0.283. The van der Waals surface area contributed by atoms with Gasteiger partial charge in [-0.2, -0.15) is 0 Å². The summed E-state index contributed by atoms with van der Waals surface area (Å²) in [5.41, 5.74) is 2.53. The van der Waals surface area contributed by atoms with Crippen LogP contribution in [0.2, 0.25) is 0 Å². The van der Waals surface area contributed by atoms with Crippen LogP contribution < -0.4 is 0 Å². The van der Waals surface area contributed by atoms with Gasteiger partial charge < -0.3 is 5.11 Å². The maximum atomic E-state index is 10.1. The highest BCUT2D eigenvalue weighted by Gasteiger charge is 2.22. The van der Waals surface area contributed by atoms with Gasteiger partial charge in [0.1, 0.15) is 0 Å². The van der Waals surface area contributed by atoms with E-state index in [-0.39, 0.29) is 12.0 Å². The quantitative estimate of drug-likeness (QED) is 0.757. The maximum absolute atomic E-state index is 10.1. The van der Waals surface area contributed by atoms with E-state index in [9.17, 15) is 5.11 Å². The van der Waals surface area contributed by atoms with Crippen LogP contribution >= 0.6 is 0 Å². The molecule has 20 heavy (non-hydrogen) atoms. The molecule has 112 valence electrons. The minimum Gasteiger partial charge on any atom is -0.388 e. The van der Waals surface area contributed by atoms with Crippen LogP contribution in [0.15, 0.2) is 24.3 Å². The van der Waals surface area contributed by atoms with Gasteiger partial charge >= 0.3 is 0 Å². The number of aliphatic hydroxyl groups is 1. The summed E-state index contributed by atoms with van der Waals surface area (Å²) >= 11 is 0. The van der Waals surface area contributed by atoms with Gasteiger partial charge in [0, 0.05) is 0 Å². The van der Waals surface area contributed by atoms with Crippen molar-refractivity contribution in [3.8, 4) is 0 Å². The monoisotopic (exact) mass is 274 g/mol. The molecule has 1 nitrogen and oxygen atoms in total. The zero-order chi connectivity index (χ0) is 14.5. The highest BCUT2D eigenvalue weighted by atomic mass is 16.3.